The molecule has 80 valence electrons. The summed E-state index contributed by atoms with van der Waals surface area (Å²) in [6.45, 7) is 8.14. The average molecular weight is 214 g/mol. The molecule has 0 bridgehead atoms. The van der Waals surface area contributed by atoms with Gasteiger partial charge in [-0.05, 0) is 6.04 Å². The number of oxazole rings is 1. The molecule has 0 fully saturated rings. The van der Waals surface area contributed by atoms with Gasteiger partial charge in [-0.2, -0.15) is 0 Å². The van der Waals surface area contributed by atoms with Crippen molar-refractivity contribution in [2.24, 2.45) is 0 Å². The molecule has 1 aromatic rings. The molecule has 0 atom stereocenters. The molecule has 0 aromatic carbocycles. The molecule has 4 nitrogen and oxygen atoms in total. The summed E-state index contributed by atoms with van der Waals surface area (Å²) in [5, 5.41) is 7.33. The van der Waals surface area contributed by atoms with Gasteiger partial charge in [-0.1, -0.05) is 19.6 Å². The van der Waals surface area contributed by atoms with Crippen LogP contribution in [0.4, 0.5) is 0 Å². The summed E-state index contributed by atoms with van der Waals surface area (Å²) in [5.41, 5.74) is 0.137. The minimum absolute atomic E-state index is 0.137. The first kappa shape index (κ1) is 11.3. The van der Waals surface area contributed by atoms with Crippen LogP contribution >= 0.6 is 0 Å². The second kappa shape index (κ2) is 4.61. The van der Waals surface area contributed by atoms with Crippen molar-refractivity contribution < 1.29 is 9.15 Å². The maximum Gasteiger partial charge on any atom is 0.295 e. The summed E-state index contributed by atoms with van der Waals surface area (Å²) in [4.78, 5) is 0. The van der Waals surface area contributed by atoms with E-state index >= 15 is 0 Å². The number of aromatic nitrogens is 1. The Balaban J connectivity index is 2.23. The highest BCUT2D eigenvalue weighted by molar-refractivity contribution is 6.76. The summed E-state index contributed by atoms with van der Waals surface area (Å²) in [6.07, 6.45) is 3.20. The molecule has 1 aromatic heterocycles. The minimum atomic E-state index is -0.997. The van der Waals surface area contributed by atoms with Crippen LogP contribution in [0.15, 0.2) is 16.9 Å². The monoisotopic (exact) mass is 214 g/mol. The molecule has 14 heavy (non-hydrogen) atoms. The SMILES string of the molecule is C[Si](C)(C)CCOCn1ccoc1=N. The number of hydrogen-bond acceptors (Lipinski definition) is 3. The topological polar surface area (TPSA) is 51.2 Å². The molecule has 0 aliphatic rings. The van der Waals surface area contributed by atoms with E-state index in [0.29, 0.717) is 6.73 Å². The molecule has 0 aliphatic carbocycles. The Hall–Kier alpha value is -0.813. The molecule has 0 saturated carbocycles. The molecule has 0 saturated heterocycles. The van der Waals surface area contributed by atoms with Crippen molar-refractivity contribution in [3.63, 3.8) is 0 Å². The first-order valence-electron chi connectivity index (χ1n) is 4.75. The number of nitrogens with zero attached hydrogens (tertiary/aromatic N) is 1. The van der Waals surface area contributed by atoms with Crippen LogP contribution in [0.25, 0.3) is 0 Å². The van der Waals surface area contributed by atoms with E-state index in [1.807, 2.05) is 0 Å². The van der Waals surface area contributed by atoms with Gasteiger partial charge >= 0.3 is 0 Å². The lowest BCUT2D eigenvalue weighted by molar-refractivity contribution is 0.0810. The summed E-state index contributed by atoms with van der Waals surface area (Å²) in [6, 6.07) is 1.15. The molecule has 1 heterocycles. The first-order valence-corrected chi connectivity index (χ1v) is 8.46. The van der Waals surface area contributed by atoms with E-state index in [-0.39, 0.29) is 5.68 Å². The number of hydrogen-bond donors (Lipinski definition) is 1. The molecule has 5 heteroatoms. The number of nitrogens with one attached hydrogen (secondary N) is 1. The van der Waals surface area contributed by atoms with Crippen LogP contribution in [-0.4, -0.2) is 19.2 Å². The van der Waals surface area contributed by atoms with Crippen molar-refractivity contribution in [3.05, 3.63) is 18.1 Å². The van der Waals surface area contributed by atoms with Crippen molar-refractivity contribution >= 4 is 8.07 Å². The average Bonchev–Trinajstić information content (AvgIpc) is 2.44. The molecule has 0 amide bonds. The highest BCUT2D eigenvalue weighted by Gasteiger charge is 2.11. The lowest BCUT2D eigenvalue weighted by atomic mass is 10.8. The van der Waals surface area contributed by atoms with E-state index in [1.54, 1.807) is 10.8 Å². The van der Waals surface area contributed by atoms with Crippen molar-refractivity contribution in [2.45, 2.75) is 32.4 Å². The molecule has 0 aliphatic heterocycles. The van der Waals surface area contributed by atoms with Crippen molar-refractivity contribution in [2.75, 3.05) is 6.61 Å². The van der Waals surface area contributed by atoms with Crippen LogP contribution in [0.2, 0.25) is 25.7 Å². The fraction of sp³-hybridized carbons (Fsp3) is 0.667. The zero-order chi connectivity index (χ0) is 10.6. The van der Waals surface area contributed by atoms with Crippen LogP contribution < -0.4 is 5.68 Å². The van der Waals surface area contributed by atoms with Gasteiger partial charge in [0.05, 0.1) is 0 Å². The van der Waals surface area contributed by atoms with Gasteiger partial charge in [-0.25, -0.2) is 0 Å². The van der Waals surface area contributed by atoms with E-state index in [0.717, 1.165) is 12.7 Å². The third-order valence-electron chi connectivity index (χ3n) is 1.91. The van der Waals surface area contributed by atoms with E-state index in [1.165, 1.54) is 6.26 Å². The predicted octanol–water partition coefficient (Wildman–Crippen LogP) is 1.87. The highest BCUT2D eigenvalue weighted by atomic mass is 28.3. The summed E-state index contributed by atoms with van der Waals surface area (Å²) in [7, 11) is -0.997. The van der Waals surface area contributed by atoms with Gasteiger partial charge in [-0.3, -0.25) is 9.98 Å². The van der Waals surface area contributed by atoms with Gasteiger partial charge in [-0.15, -0.1) is 0 Å². The van der Waals surface area contributed by atoms with E-state index in [4.69, 9.17) is 14.6 Å². The Labute approximate surface area is 85.0 Å². The van der Waals surface area contributed by atoms with Crippen molar-refractivity contribution in [3.8, 4) is 0 Å². The van der Waals surface area contributed by atoms with Crippen LogP contribution in [0.3, 0.4) is 0 Å². The Bertz CT molecular complexity index is 324. The molecule has 0 spiro atoms. The summed E-state index contributed by atoms with van der Waals surface area (Å²) in [5.74, 6) is 0. The predicted molar refractivity (Wildman–Crippen MR) is 56.7 cm³/mol. The number of rotatable bonds is 5. The maximum absolute atomic E-state index is 7.33. The normalized spacial score (nSPS) is 11.9. The fourth-order valence-corrected chi connectivity index (χ4v) is 1.70. The molecule has 1 N–H and O–H groups in total. The molecule has 0 unspecified atom stereocenters. The van der Waals surface area contributed by atoms with Crippen molar-refractivity contribution in [1.82, 2.24) is 4.57 Å². The van der Waals surface area contributed by atoms with Crippen LogP contribution in [0.5, 0.6) is 0 Å². The summed E-state index contributed by atoms with van der Waals surface area (Å²) >= 11 is 0. The quantitative estimate of drug-likeness (QED) is 0.601. The minimum Gasteiger partial charge on any atom is -0.432 e. The zero-order valence-corrected chi connectivity index (χ0v) is 10.0. The number of ether oxygens (including phenoxy) is 1. The lowest BCUT2D eigenvalue weighted by Gasteiger charge is -2.15. The van der Waals surface area contributed by atoms with Crippen LogP contribution in [-0.2, 0) is 11.5 Å². The smallest absolute Gasteiger partial charge is 0.295 e. The van der Waals surface area contributed by atoms with Gasteiger partial charge in [0.15, 0.2) is 0 Å². The molecular weight excluding hydrogens is 196 g/mol. The Morgan fingerprint density at radius 1 is 1.50 bits per heavy atom. The highest BCUT2D eigenvalue weighted by Crippen LogP contribution is 2.07. The van der Waals surface area contributed by atoms with Gasteiger partial charge in [0.25, 0.3) is 5.68 Å². The van der Waals surface area contributed by atoms with Gasteiger partial charge < -0.3 is 9.15 Å². The Kier molecular flexibility index (Phi) is 3.71. The molecular formula is C9H18N2O2Si. The van der Waals surface area contributed by atoms with Crippen LogP contribution in [0.1, 0.15) is 0 Å². The van der Waals surface area contributed by atoms with Crippen LogP contribution in [0, 0.1) is 5.41 Å². The molecule has 0 radical (unpaired) electrons. The third kappa shape index (κ3) is 3.93. The van der Waals surface area contributed by atoms with Gasteiger partial charge in [0.1, 0.15) is 13.0 Å². The second-order valence-corrected chi connectivity index (χ2v) is 10.1. The second-order valence-electron chi connectivity index (χ2n) is 4.53. The maximum atomic E-state index is 7.33. The largest absolute Gasteiger partial charge is 0.432 e. The molecule has 1 rings (SSSR count). The Morgan fingerprint density at radius 2 is 2.21 bits per heavy atom. The third-order valence-corrected chi connectivity index (χ3v) is 3.61. The lowest BCUT2D eigenvalue weighted by Crippen LogP contribution is -2.23. The van der Waals surface area contributed by atoms with E-state index < -0.39 is 8.07 Å². The van der Waals surface area contributed by atoms with E-state index in [9.17, 15) is 0 Å². The Morgan fingerprint density at radius 3 is 2.71 bits per heavy atom. The fourth-order valence-electron chi connectivity index (χ4n) is 0.947. The summed E-state index contributed by atoms with van der Waals surface area (Å²) < 4.78 is 11.9. The van der Waals surface area contributed by atoms with Gasteiger partial charge in [0.2, 0.25) is 0 Å². The van der Waals surface area contributed by atoms with Crippen molar-refractivity contribution in [1.29, 1.82) is 5.41 Å². The zero-order valence-electron chi connectivity index (χ0n) is 9.04. The first-order chi connectivity index (χ1) is 6.49. The van der Waals surface area contributed by atoms with Gasteiger partial charge in [0, 0.05) is 20.9 Å². The van der Waals surface area contributed by atoms with E-state index in [2.05, 4.69) is 19.6 Å². The standard InChI is InChI=1S/C9H18N2O2Si/c1-14(2,3)7-6-12-8-11-4-5-13-9(11)10/h4-5,10H,6-8H2,1-3H3.